The average Bonchev–Trinajstić information content (AvgIpc) is 2.49. The number of hydrogen-bond donors (Lipinski definition) is 0. The van der Waals surface area contributed by atoms with E-state index in [9.17, 15) is 0 Å². The van der Waals surface area contributed by atoms with Gasteiger partial charge in [-0.15, -0.1) is 0 Å². The molecule has 0 saturated heterocycles. The molecule has 0 heteroatoms. The molecule has 1 radical (unpaired) electrons. The summed E-state index contributed by atoms with van der Waals surface area (Å²) in [5, 5.41) is 0. The van der Waals surface area contributed by atoms with Gasteiger partial charge in [-0.3, -0.25) is 0 Å². The molecule has 1 aliphatic rings. The lowest BCUT2D eigenvalue weighted by atomic mass is 9.84. The molecule has 0 bridgehead atoms. The smallest absolute Gasteiger partial charge is 0.00962 e. The highest BCUT2D eigenvalue weighted by Gasteiger charge is 2.15. The zero-order valence-electron chi connectivity index (χ0n) is 10.7. The minimum Gasteiger partial charge on any atom is -0.0622 e. The van der Waals surface area contributed by atoms with Crippen LogP contribution in [0.2, 0.25) is 0 Å². The quantitative estimate of drug-likeness (QED) is 0.671. The zero-order chi connectivity index (χ0) is 12.2. The molecule has 0 N–H and O–H groups in total. The van der Waals surface area contributed by atoms with Crippen LogP contribution >= 0.6 is 0 Å². The Morgan fingerprint density at radius 3 is 2.28 bits per heavy atom. The lowest BCUT2D eigenvalue weighted by Crippen LogP contribution is -2.04. The summed E-state index contributed by atoms with van der Waals surface area (Å²) in [7, 11) is 0. The van der Waals surface area contributed by atoms with Crippen LogP contribution < -0.4 is 0 Å². The van der Waals surface area contributed by atoms with Crippen molar-refractivity contribution in [2.24, 2.45) is 0 Å². The van der Waals surface area contributed by atoms with Crippen molar-refractivity contribution in [3.63, 3.8) is 0 Å². The molecule has 0 unspecified atom stereocenters. The van der Waals surface area contributed by atoms with E-state index < -0.39 is 0 Å². The van der Waals surface area contributed by atoms with E-state index in [-0.39, 0.29) is 0 Å². The Labute approximate surface area is 110 Å². The Hall–Kier alpha value is -1.56. The minimum absolute atomic E-state index is 0.778. The first kappa shape index (κ1) is 11.5. The van der Waals surface area contributed by atoms with Gasteiger partial charge in [-0.25, -0.2) is 0 Å². The fourth-order valence-electron chi connectivity index (χ4n) is 2.92. The van der Waals surface area contributed by atoms with Crippen LogP contribution in [-0.4, -0.2) is 0 Å². The number of rotatable bonds is 2. The molecule has 2 aromatic rings. The van der Waals surface area contributed by atoms with Gasteiger partial charge in [0.1, 0.15) is 0 Å². The van der Waals surface area contributed by atoms with Crippen molar-refractivity contribution < 1.29 is 0 Å². The Morgan fingerprint density at radius 1 is 0.833 bits per heavy atom. The molecule has 0 nitrogen and oxygen atoms in total. The molecule has 1 saturated carbocycles. The van der Waals surface area contributed by atoms with Crippen LogP contribution in [0, 0.1) is 6.07 Å². The highest BCUT2D eigenvalue weighted by Crippen LogP contribution is 2.33. The molecule has 2 aromatic carbocycles. The summed E-state index contributed by atoms with van der Waals surface area (Å²) in [4.78, 5) is 0. The maximum atomic E-state index is 3.45. The summed E-state index contributed by atoms with van der Waals surface area (Å²) in [5.74, 6) is 0.778. The van der Waals surface area contributed by atoms with Crippen molar-refractivity contribution >= 4 is 0 Å². The van der Waals surface area contributed by atoms with Gasteiger partial charge in [-0.05, 0) is 41.5 Å². The van der Waals surface area contributed by atoms with E-state index in [0.717, 1.165) is 5.92 Å². The molecule has 0 spiro atoms. The first-order valence-corrected chi connectivity index (χ1v) is 7.00. The normalized spacial score (nSPS) is 16.7. The first-order valence-electron chi connectivity index (χ1n) is 7.00. The second kappa shape index (κ2) is 5.39. The van der Waals surface area contributed by atoms with Gasteiger partial charge in [0.25, 0.3) is 0 Å². The SMILES string of the molecule is [c]1cc(C2CCCCC2)ccc1-c1ccccc1. The summed E-state index contributed by atoms with van der Waals surface area (Å²) in [6.45, 7) is 0. The summed E-state index contributed by atoms with van der Waals surface area (Å²) < 4.78 is 0. The highest BCUT2D eigenvalue weighted by molar-refractivity contribution is 5.62. The van der Waals surface area contributed by atoms with Crippen LogP contribution in [0.1, 0.15) is 43.6 Å². The van der Waals surface area contributed by atoms with Crippen molar-refractivity contribution in [3.05, 3.63) is 60.2 Å². The Kier molecular flexibility index (Phi) is 3.45. The predicted octanol–water partition coefficient (Wildman–Crippen LogP) is 5.20. The molecule has 1 aliphatic carbocycles. The summed E-state index contributed by atoms with van der Waals surface area (Å²) in [6, 6.07) is 20.7. The molecule has 0 aromatic heterocycles. The van der Waals surface area contributed by atoms with E-state index in [1.165, 1.54) is 48.8 Å². The van der Waals surface area contributed by atoms with Crippen LogP contribution in [0.15, 0.2) is 48.5 Å². The Balaban J connectivity index is 1.80. The lowest BCUT2D eigenvalue weighted by molar-refractivity contribution is 0.443. The molecule has 3 rings (SSSR count). The van der Waals surface area contributed by atoms with Gasteiger partial charge in [0.2, 0.25) is 0 Å². The first-order chi connectivity index (χ1) is 8.93. The molecular weight excluding hydrogens is 216 g/mol. The van der Waals surface area contributed by atoms with Crippen LogP contribution in [0.5, 0.6) is 0 Å². The van der Waals surface area contributed by atoms with E-state index >= 15 is 0 Å². The predicted molar refractivity (Wildman–Crippen MR) is 76.5 cm³/mol. The van der Waals surface area contributed by atoms with Crippen LogP contribution in [-0.2, 0) is 0 Å². The van der Waals surface area contributed by atoms with E-state index in [1.807, 2.05) is 0 Å². The molecule has 0 amide bonds. The van der Waals surface area contributed by atoms with E-state index in [2.05, 4.69) is 54.6 Å². The maximum Gasteiger partial charge on any atom is -0.00962 e. The van der Waals surface area contributed by atoms with E-state index in [4.69, 9.17) is 0 Å². The standard InChI is InChI=1S/C18H19/c1-3-7-15(8-4-1)17-11-13-18(14-12-17)16-9-5-2-6-10-16/h1,3-4,7-8,11,13-14,16H,2,5-6,9-10H2. The van der Waals surface area contributed by atoms with Gasteiger partial charge in [-0.2, -0.15) is 0 Å². The third kappa shape index (κ3) is 2.48. The van der Waals surface area contributed by atoms with Crippen molar-refractivity contribution in [1.82, 2.24) is 0 Å². The summed E-state index contributed by atoms with van der Waals surface area (Å²) in [5.41, 5.74) is 3.94. The van der Waals surface area contributed by atoms with Crippen LogP contribution in [0.4, 0.5) is 0 Å². The number of hydrogen-bond acceptors (Lipinski definition) is 0. The summed E-state index contributed by atoms with van der Waals surface area (Å²) in [6.07, 6.45) is 6.93. The Morgan fingerprint density at radius 2 is 1.61 bits per heavy atom. The highest BCUT2D eigenvalue weighted by atomic mass is 14.2. The van der Waals surface area contributed by atoms with Gasteiger partial charge in [0.05, 0.1) is 0 Å². The molecule has 18 heavy (non-hydrogen) atoms. The molecule has 91 valence electrons. The van der Waals surface area contributed by atoms with Crippen LogP contribution in [0.3, 0.4) is 0 Å². The third-order valence-corrected chi connectivity index (χ3v) is 4.00. The maximum absolute atomic E-state index is 3.45. The van der Waals surface area contributed by atoms with Crippen molar-refractivity contribution in [2.45, 2.75) is 38.0 Å². The van der Waals surface area contributed by atoms with Crippen molar-refractivity contribution in [1.29, 1.82) is 0 Å². The monoisotopic (exact) mass is 235 g/mol. The number of benzene rings is 2. The summed E-state index contributed by atoms with van der Waals surface area (Å²) >= 11 is 0. The fourth-order valence-corrected chi connectivity index (χ4v) is 2.92. The van der Waals surface area contributed by atoms with E-state index in [0.29, 0.717) is 0 Å². The van der Waals surface area contributed by atoms with Gasteiger partial charge < -0.3 is 0 Å². The Bertz CT molecular complexity index is 475. The van der Waals surface area contributed by atoms with Gasteiger partial charge in [0, 0.05) is 0 Å². The molecule has 0 aliphatic heterocycles. The van der Waals surface area contributed by atoms with Gasteiger partial charge in [0.15, 0.2) is 0 Å². The van der Waals surface area contributed by atoms with Crippen LogP contribution in [0.25, 0.3) is 11.1 Å². The van der Waals surface area contributed by atoms with Crippen molar-refractivity contribution in [2.75, 3.05) is 0 Å². The minimum atomic E-state index is 0.778. The average molecular weight is 235 g/mol. The molecule has 0 atom stereocenters. The topological polar surface area (TPSA) is 0 Å². The molecule has 0 heterocycles. The second-order valence-corrected chi connectivity index (χ2v) is 5.24. The second-order valence-electron chi connectivity index (χ2n) is 5.24. The molecular formula is C18H19. The molecule has 1 fully saturated rings. The fraction of sp³-hybridized carbons (Fsp3) is 0.333. The van der Waals surface area contributed by atoms with E-state index in [1.54, 1.807) is 0 Å². The van der Waals surface area contributed by atoms with Gasteiger partial charge >= 0.3 is 0 Å². The largest absolute Gasteiger partial charge is 0.0622 e. The zero-order valence-corrected chi connectivity index (χ0v) is 10.7. The third-order valence-electron chi connectivity index (χ3n) is 4.00. The van der Waals surface area contributed by atoms with Crippen molar-refractivity contribution in [3.8, 4) is 11.1 Å². The van der Waals surface area contributed by atoms with Gasteiger partial charge in [-0.1, -0.05) is 67.8 Å². The lowest BCUT2D eigenvalue weighted by Gasteiger charge is -2.22.